The van der Waals surface area contributed by atoms with Gasteiger partial charge in [-0.05, 0) is 62.6 Å². The number of fused-ring (bicyclic) bond motifs is 1. The van der Waals surface area contributed by atoms with Crippen LogP contribution in [0, 0.1) is 0 Å². The van der Waals surface area contributed by atoms with Crippen LogP contribution in [0.25, 0.3) is 10.8 Å². The molecular weight excluding hydrogens is 458 g/mol. The topological polar surface area (TPSA) is 108 Å². The Morgan fingerprint density at radius 3 is 2.33 bits per heavy atom. The van der Waals surface area contributed by atoms with Crippen LogP contribution in [-0.2, 0) is 14.3 Å². The van der Waals surface area contributed by atoms with E-state index in [4.69, 9.17) is 4.74 Å². The van der Waals surface area contributed by atoms with Crippen molar-refractivity contribution in [2.24, 2.45) is 0 Å². The van der Waals surface area contributed by atoms with Gasteiger partial charge in [0.1, 0.15) is 23.9 Å². The molecule has 1 saturated carbocycles. The number of hydrogen-bond acceptors (Lipinski definition) is 5. The van der Waals surface area contributed by atoms with E-state index in [2.05, 4.69) is 10.6 Å². The van der Waals surface area contributed by atoms with Gasteiger partial charge in [-0.1, -0.05) is 48.5 Å². The van der Waals surface area contributed by atoms with Gasteiger partial charge in [-0.25, -0.2) is 4.79 Å². The zero-order valence-corrected chi connectivity index (χ0v) is 20.7. The van der Waals surface area contributed by atoms with Crippen LogP contribution in [0.1, 0.15) is 45.2 Å². The van der Waals surface area contributed by atoms with Gasteiger partial charge in [-0.3, -0.25) is 9.59 Å². The lowest BCUT2D eigenvalue weighted by Crippen LogP contribution is -2.47. The number of para-hydroxylation sites is 1. The van der Waals surface area contributed by atoms with Crippen molar-refractivity contribution in [3.8, 4) is 5.75 Å². The molecule has 0 heterocycles. The van der Waals surface area contributed by atoms with Crippen LogP contribution in [0.4, 0.5) is 10.5 Å². The highest BCUT2D eigenvalue weighted by Crippen LogP contribution is 2.38. The molecule has 1 atom stereocenters. The van der Waals surface area contributed by atoms with Crippen LogP contribution in [0.3, 0.4) is 0 Å². The Bertz CT molecular complexity index is 1280. The third-order valence-corrected chi connectivity index (χ3v) is 5.79. The number of anilines is 1. The molecule has 3 amide bonds. The summed E-state index contributed by atoms with van der Waals surface area (Å²) < 4.78 is 5.23. The van der Waals surface area contributed by atoms with E-state index in [0.29, 0.717) is 11.3 Å². The first-order chi connectivity index (χ1) is 17.1. The molecule has 1 fully saturated rings. The second-order valence-corrected chi connectivity index (χ2v) is 9.90. The van der Waals surface area contributed by atoms with Gasteiger partial charge in [-0.15, -0.1) is 0 Å². The minimum Gasteiger partial charge on any atom is -0.508 e. The van der Waals surface area contributed by atoms with Crippen molar-refractivity contribution in [2.45, 2.75) is 51.3 Å². The molecule has 3 N–H and O–H groups in total. The molecular formula is C28H31N3O5. The monoisotopic (exact) mass is 489 g/mol. The summed E-state index contributed by atoms with van der Waals surface area (Å²) in [5.41, 5.74) is 0.184. The second kappa shape index (κ2) is 10.3. The number of alkyl carbamates (subject to hydrolysis) is 1. The van der Waals surface area contributed by atoms with Crippen LogP contribution >= 0.6 is 0 Å². The molecule has 36 heavy (non-hydrogen) atoms. The van der Waals surface area contributed by atoms with E-state index in [0.717, 1.165) is 23.6 Å². The molecule has 0 bridgehead atoms. The molecule has 1 aliphatic rings. The number of nitrogens with zero attached hydrogens (tertiary/aromatic N) is 1. The van der Waals surface area contributed by atoms with Gasteiger partial charge in [0.2, 0.25) is 5.91 Å². The number of rotatable bonds is 7. The van der Waals surface area contributed by atoms with Gasteiger partial charge >= 0.3 is 6.09 Å². The maximum Gasteiger partial charge on any atom is 0.408 e. The van der Waals surface area contributed by atoms with Crippen molar-refractivity contribution in [2.75, 3.05) is 11.9 Å². The molecule has 0 spiro atoms. The van der Waals surface area contributed by atoms with Gasteiger partial charge in [0.05, 0.1) is 0 Å². The smallest absolute Gasteiger partial charge is 0.408 e. The molecule has 0 aromatic heterocycles. The Labute approximate surface area is 210 Å². The molecule has 8 nitrogen and oxygen atoms in total. The maximum atomic E-state index is 13.7. The number of carbonyl (C=O) groups excluding carboxylic acids is 3. The first-order valence-corrected chi connectivity index (χ1v) is 12.0. The van der Waals surface area contributed by atoms with Crippen LogP contribution in [0.2, 0.25) is 0 Å². The number of phenols is 1. The van der Waals surface area contributed by atoms with Crippen molar-refractivity contribution in [1.82, 2.24) is 10.2 Å². The number of phenolic OH excluding ortho intramolecular Hbond substituents is 1. The molecule has 3 aromatic carbocycles. The van der Waals surface area contributed by atoms with E-state index in [-0.39, 0.29) is 18.3 Å². The summed E-state index contributed by atoms with van der Waals surface area (Å²) in [5, 5.41) is 18.0. The van der Waals surface area contributed by atoms with Crippen molar-refractivity contribution < 1.29 is 24.2 Å². The minimum atomic E-state index is -1.09. The van der Waals surface area contributed by atoms with Gasteiger partial charge < -0.3 is 25.4 Å². The second-order valence-electron chi connectivity index (χ2n) is 9.90. The lowest BCUT2D eigenvalue weighted by Gasteiger charge is -2.32. The standard InChI is InChI=1S/C28H31N3O5/c1-28(2,3)36-27(35)29-17-24(33)31(21-14-15-21)25(22-10-6-7-11-23(22)32)26(34)30-20-13-12-18-8-4-5-9-19(18)16-20/h4-13,16,21,25,32H,14-15,17H2,1-3H3,(H,29,35)(H,30,34). The summed E-state index contributed by atoms with van der Waals surface area (Å²) in [6.07, 6.45) is 0.739. The van der Waals surface area contributed by atoms with Crippen molar-refractivity contribution >= 4 is 34.4 Å². The number of nitrogens with one attached hydrogen (secondary N) is 2. The summed E-state index contributed by atoms with van der Waals surface area (Å²) in [5.74, 6) is -0.982. The van der Waals surface area contributed by atoms with E-state index in [1.165, 1.54) is 11.0 Å². The van der Waals surface area contributed by atoms with E-state index >= 15 is 0 Å². The fraction of sp³-hybridized carbons (Fsp3) is 0.321. The normalized spacial score (nSPS) is 14.1. The van der Waals surface area contributed by atoms with E-state index < -0.39 is 29.6 Å². The Hall–Kier alpha value is -4.07. The molecule has 3 aromatic rings. The first kappa shape index (κ1) is 25.0. The maximum absolute atomic E-state index is 13.7. The van der Waals surface area contributed by atoms with E-state index in [1.54, 1.807) is 45.0 Å². The van der Waals surface area contributed by atoms with Crippen LogP contribution in [0.15, 0.2) is 66.7 Å². The van der Waals surface area contributed by atoms with Gasteiger partial charge in [0.25, 0.3) is 5.91 Å². The van der Waals surface area contributed by atoms with Gasteiger partial charge in [-0.2, -0.15) is 0 Å². The first-order valence-electron chi connectivity index (χ1n) is 12.0. The minimum absolute atomic E-state index is 0.0882. The molecule has 0 radical (unpaired) electrons. The third-order valence-electron chi connectivity index (χ3n) is 5.79. The van der Waals surface area contributed by atoms with E-state index in [1.807, 2.05) is 36.4 Å². The molecule has 1 unspecified atom stereocenters. The lowest BCUT2D eigenvalue weighted by atomic mass is 10.0. The van der Waals surface area contributed by atoms with Gasteiger partial charge in [0, 0.05) is 17.3 Å². The predicted molar refractivity (Wildman–Crippen MR) is 138 cm³/mol. The van der Waals surface area contributed by atoms with Crippen molar-refractivity contribution in [3.05, 3.63) is 72.3 Å². The van der Waals surface area contributed by atoms with Crippen LogP contribution in [-0.4, -0.2) is 46.1 Å². The largest absolute Gasteiger partial charge is 0.508 e. The fourth-order valence-corrected chi connectivity index (χ4v) is 4.08. The van der Waals surface area contributed by atoms with Crippen LogP contribution in [0.5, 0.6) is 5.75 Å². The average molecular weight is 490 g/mol. The number of amides is 3. The highest BCUT2D eigenvalue weighted by molar-refractivity contribution is 6.00. The summed E-state index contributed by atoms with van der Waals surface area (Å²) in [4.78, 5) is 40.6. The SMILES string of the molecule is CC(C)(C)OC(=O)NCC(=O)N(C1CC1)C(C(=O)Nc1ccc2ccccc2c1)c1ccccc1O. The zero-order valence-electron chi connectivity index (χ0n) is 20.7. The molecule has 0 aliphatic heterocycles. The highest BCUT2D eigenvalue weighted by Gasteiger charge is 2.42. The molecule has 1 aliphatic carbocycles. The van der Waals surface area contributed by atoms with Gasteiger partial charge in [0.15, 0.2) is 0 Å². The Morgan fingerprint density at radius 1 is 1.00 bits per heavy atom. The summed E-state index contributed by atoms with van der Waals surface area (Å²) >= 11 is 0. The summed E-state index contributed by atoms with van der Waals surface area (Å²) in [6.45, 7) is 4.86. The number of benzene rings is 3. The summed E-state index contributed by atoms with van der Waals surface area (Å²) in [6, 6.07) is 18.6. The number of aromatic hydroxyl groups is 1. The van der Waals surface area contributed by atoms with Crippen molar-refractivity contribution in [3.63, 3.8) is 0 Å². The number of ether oxygens (including phenoxy) is 1. The molecule has 8 heteroatoms. The van der Waals surface area contributed by atoms with E-state index in [9.17, 15) is 19.5 Å². The zero-order chi connectivity index (χ0) is 25.9. The third kappa shape index (κ3) is 6.13. The molecule has 0 saturated heterocycles. The van der Waals surface area contributed by atoms with Crippen molar-refractivity contribution in [1.29, 1.82) is 0 Å². The molecule has 4 rings (SSSR count). The Kier molecular flexibility index (Phi) is 7.15. The molecule has 188 valence electrons. The quantitative estimate of drug-likeness (QED) is 0.444. The average Bonchev–Trinajstić information content (AvgIpc) is 3.65. The Balaban J connectivity index is 1.60. The van der Waals surface area contributed by atoms with Crippen LogP contribution < -0.4 is 10.6 Å². The fourth-order valence-electron chi connectivity index (χ4n) is 4.08. The highest BCUT2D eigenvalue weighted by atomic mass is 16.6. The number of carbonyl (C=O) groups is 3. The Morgan fingerprint density at radius 2 is 1.67 bits per heavy atom. The number of hydrogen-bond donors (Lipinski definition) is 3. The predicted octanol–water partition coefficient (Wildman–Crippen LogP) is 4.74. The lowest BCUT2D eigenvalue weighted by molar-refractivity contribution is -0.139. The summed E-state index contributed by atoms with van der Waals surface area (Å²) in [7, 11) is 0.